The van der Waals surface area contributed by atoms with Gasteiger partial charge in [0.05, 0.1) is 17.3 Å². The number of benzene rings is 3. The molecule has 2 amide bonds. The zero-order chi connectivity index (χ0) is 28.1. The van der Waals surface area contributed by atoms with E-state index in [4.69, 9.17) is 10.5 Å². The zero-order valence-electron chi connectivity index (χ0n) is 22.1. The fourth-order valence-electron chi connectivity index (χ4n) is 4.28. The molecule has 5 rings (SSSR count). The number of nitrogen functional groups attached to an aromatic ring is 1. The lowest BCUT2D eigenvalue weighted by Crippen LogP contribution is -2.32. The number of hydrogen-bond donors (Lipinski definition) is 3. The number of pyridine rings is 1. The third-order valence-corrected chi connectivity index (χ3v) is 8.54. The number of carbonyl (C=O) groups excluding carboxylic acids is 2. The first-order valence-corrected chi connectivity index (χ1v) is 14.2. The molecule has 10 heteroatoms. The molecule has 3 aromatic carbocycles. The molecule has 4 aromatic rings. The Kier molecular flexibility index (Phi) is 8.26. The second-order valence-corrected chi connectivity index (χ2v) is 11.4. The van der Waals surface area contributed by atoms with Gasteiger partial charge in [0.2, 0.25) is 5.91 Å². The summed E-state index contributed by atoms with van der Waals surface area (Å²) in [5.74, 6) is 0.318. The number of ether oxygens (including phenoxy) is 1. The summed E-state index contributed by atoms with van der Waals surface area (Å²) in [6.07, 6.45) is 2.90. The van der Waals surface area contributed by atoms with Crippen LogP contribution in [-0.4, -0.2) is 44.9 Å². The number of fused-ring (bicyclic) bond motifs is 1. The summed E-state index contributed by atoms with van der Waals surface area (Å²) in [5, 5.41) is 7.82. The summed E-state index contributed by atoms with van der Waals surface area (Å²) in [6, 6.07) is 22.2. The molecule has 1 aliphatic carbocycles. The fourth-order valence-corrected chi connectivity index (χ4v) is 5.79. The largest absolute Gasteiger partial charge is 0.444 e. The van der Waals surface area contributed by atoms with Crippen LogP contribution in [0.5, 0.6) is 0 Å². The van der Waals surface area contributed by atoms with Gasteiger partial charge in [-0.2, -0.15) is 0 Å². The minimum atomic E-state index is -1.18. The Morgan fingerprint density at radius 3 is 2.60 bits per heavy atom. The van der Waals surface area contributed by atoms with E-state index in [-0.39, 0.29) is 30.9 Å². The third-order valence-electron chi connectivity index (χ3n) is 6.64. The van der Waals surface area contributed by atoms with Crippen LogP contribution in [0.25, 0.3) is 10.8 Å². The highest BCUT2D eigenvalue weighted by Gasteiger charge is 2.31. The average molecular weight is 558 g/mol. The van der Waals surface area contributed by atoms with E-state index >= 15 is 0 Å². The number of nitrogens with one attached hydrogen (secondary N) is 2. The van der Waals surface area contributed by atoms with Crippen LogP contribution in [0.2, 0.25) is 0 Å². The van der Waals surface area contributed by atoms with E-state index in [1.807, 2.05) is 54.6 Å². The molecule has 1 aromatic heterocycles. The fraction of sp³-hybridized carbons (Fsp3) is 0.233. The van der Waals surface area contributed by atoms with E-state index in [2.05, 4.69) is 15.6 Å². The molecule has 1 fully saturated rings. The first-order chi connectivity index (χ1) is 19.4. The third kappa shape index (κ3) is 6.76. The van der Waals surface area contributed by atoms with E-state index in [1.54, 1.807) is 36.3 Å². The van der Waals surface area contributed by atoms with Gasteiger partial charge in [0.25, 0.3) is 0 Å². The van der Waals surface area contributed by atoms with Crippen LogP contribution < -0.4 is 16.4 Å². The van der Waals surface area contributed by atoms with Gasteiger partial charge < -0.3 is 20.7 Å². The molecule has 1 heterocycles. The lowest BCUT2D eigenvalue weighted by atomic mass is 10.1. The van der Waals surface area contributed by atoms with Crippen molar-refractivity contribution in [2.45, 2.75) is 36.1 Å². The molecule has 1 atom stereocenters. The van der Waals surface area contributed by atoms with Gasteiger partial charge >= 0.3 is 6.09 Å². The van der Waals surface area contributed by atoms with Crippen LogP contribution in [0.1, 0.15) is 24.0 Å². The number of aromatic nitrogens is 1. The normalized spacial score (nSPS) is 13.4. The molecule has 0 aliphatic heterocycles. The van der Waals surface area contributed by atoms with Crippen molar-refractivity contribution in [1.29, 1.82) is 0 Å². The maximum Gasteiger partial charge on any atom is 0.411 e. The summed E-state index contributed by atoms with van der Waals surface area (Å²) < 4.78 is 18.4. The molecular formula is C30H31N5O4S. The van der Waals surface area contributed by atoms with E-state index < -0.39 is 16.9 Å². The van der Waals surface area contributed by atoms with Gasteiger partial charge in [-0.15, -0.1) is 0 Å². The molecule has 1 unspecified atom stereocenters. The molecule has 0 saturated heterocycles. The van der Waals surface area contributed by atoms with Gasteiger partial charge in [-0.1, -0.05) is 30.3 Å². The number of nitrogens with zero attached hydrogens (tertiary/aromatic N) is 2. The minimum Gasteiger partial charge on any atom is -0.444 e. The molecule has 9 nitrogen and oxygen atoms in total. The van der Waals surface area contributed by atoms with E-state index in [0.29, 0.717) is 16.4 Å². The molecule has 1 saturated carbocycles. The van der Waals surface area contributed by atoms with Crippen LogP contribution in [-0.2, 0) is 33.5 Å². The smallest absolute Gasteiger partial charge is 0.411 e. The van der Waals surface area contributed by atoms with Crippen molar-refractivity contribution in [3.8, 4) is 0 Å². The quantitative estimate of drug-likeness (QED) is 0.253. The Balaban J connectivity index is 1.24. The zero-order valence-corrected chi connectivity index (χ0v) is 22.9. The van der Waals surface area contributed by atoms with Crippen molar-refractivity contribution in [3.05, 3.63) is 90.1 Å². The van der Waals surface area contributed by atoms with Crippen LogP contribution >= 0.6 is 0 Å². The van der Waals surface area contributed by atoms with Crippen molar-refractivity contribution in [1.82, 2.24) is 9.88 Å². The summed E-state index contributed by atoms with van der Waals surface area (Å²) >= 11 is 0. The monoisotopic (exact) mass is 557 g/mol. The molecule has 1 aliphatic rings. The van der Waals surface area contributed by atoms with Crippen LogP contribution in [0.4, 0.5) is 22.0 Å². The Morgan fingerprint density at radius 1 is 1.05 bits per heavy atom. The topological polar surface area (TPSA) is 127 Å². The summed E-state index contributed by atoms with van der Waals surface area (Å²) in [4.78, 5) is 31.8. The number of rotatable bonds is 10. The number of amides is 2. The maximum absolute atomic E-state index is 13.1. The molecular weight excluding hydrogens is 526 g/mol. The maximum atomic E-state index is 13.1. The van der Waals surface area contributed by atoms with Gasteiger partial charge in [0.1, 0.15) is 12.4 Å². The predicted molar refractivity (Wildman–Crippen MR) is 157 cm³/mol. The van der Waals surface area contributed by atoms with E-state index in [0.717, 1.165) is 40.4 Å². The van der Waals surface area contributed by atoms with Crippen molar-refractivity contribution in [3.63, 3.8) is 0 Å². The summed E-state index contributed by atoms with van der Waals surface area (Å²) in [7, 11) is 0.527. The Bertz CT molecular complexity index is 1560. The molecule has 40 heavy (non-hydrogen) atoms. The minimum absolute atomic E-state index is 0.0768. The second-order valence-electron chi connectivity index (χ2n) is 9.74. The lowest BCUT2D eigenvalue weighted by Gasteiger charge is -2.21. The SMILES string of the molecule is CN(Cc1cc(NC(=O)OCc2ccccc2)ccc1S(=O)C1CC1)C(=O)CNc1ccc2c(N)nccc2c1. The molecule has 0 radical (unpaired) electrons. The van der Waals surface area contributed by atoms with Gasteiger partial charge in [-0.3, -0.25) is 14.3 Å². The number of anilines is 3. The number of likely N-dealkylation sites (N-methyl/N-ethyl adjacent to an activating group) is 1. The summed E-state index contributed by atoms with van der Waals surface area (Å²) in [5.41, 5.74) is 8.82. The molecule has 0 spiro atoms. The van der Waals surface area contributed by atoms with Crippen LogP contribution in [0.15, 0.2) is 83.9 Å². The number of carbonyl (C=O) groups is 2. The number of nitrogens with two attached hydrogens (primary N) is 1. The molecule has 4 N–H and O–H groups in total. The van der Waals surface area contributed by atoms with Crippen molar-refractivity contribution in [2.75, 3.05) is 30.0 Å². The highest BCUT2D eigenvalue weighted by atomic mass is 32.2. The highest BCUT2D eigenvalue weighted by molar-refractivity contribution is 7.86. The van der Waals surface area contributed by atoms with Gasteiger partial charge in [0.15, 0.2) is 0 Å². The lowest BCUT2D eigenvalue weighted by molar-refractivity contribution is -0.128. The Hall–Kier alpha value is -4.44. The van der Waals surface area contributed by atoms with E-state index in [1.165, 1.54) is 0 Å². The van der Waals surface area contributed by atoms with Crippen molar-refractivity contribution >= 4 is 50.8 Å². The Labute approximate surface area is 235 Å². The standard InChI is InChI=1S/C30H31N5O4S/c1-35(28(36)17-33-23-7-11-26-21(15-23)13-14-32-29(26)31)18-22-16-24(8-12-27(22)40(38)25-9-10-25)34-30(37)39-19-20-5-3-2-4-6-20/h2-8,11-16,25,33H,9-10,17-19H2,1H3,(H2,31,32)(H,34,37). The highest BCUT2D eigenvalue weighted by Crippen LogP contribution is 2.33. The van der Waals surface area contributed by atoms with Crippen molar-refractivity contribution in [2.24, 2.45) is 0 Å². The Morgan fingerprint density at radius 2 is 1.82 bits per heavy atom. The molecule has 206 valence electrons. The second kappa shape index (κ2) is 12.2. The van der Waals surface area contributed by atoms with Crippen molar-refractivity contribution < 1.29 is 18.5 Å². The van der Waals surface area contributed by atoms with Gasteiger partial charge in [-0.05, 0) is 71.8 Å². The first-order valence-electron chi connectivity index (χ1n) is 13.0. The summed E-state index contributed by atoms with van der Waals surface area (Å²) in [6.45, 7) is 0.464. The van der Waals surface area contributed by atoms with Crippen LogP contribution in [0.3, 0.4) is 0 Å². The first kappa shape index (κ1) is 27.1. The van der Waals surface area contributed by atoms with Gasteiger partial charge in [0, 0.05) is 46.7 Å². The molecule has 0 bridgehead atoms. The van der Waals surface area contributed by atoms with E-state index in [9.17, 15) is 13.8 Å². The number of hydrogen-bond acceptors (Lipinski definition) is 7. The van der Waals surface area contributed by atoms with Gasteiger partial charge in [-0.25, -0.2) is 9.78 Å². The predicted octanol–water partition coefficient (Wildman–Crippen LogP) is 4.91. The average Bonchev–Trinajstić information content (AvgIpc) is 3.81. The van der Waals surface area contributed by atoms with Crippen LogP contribution in [0, 0.1) is 0 Å².